The number of nitrogens with one attached hydrogen (secondary N) is 2. The molecule has 0 saturated heterocycles. The van der Waals surface area contributed by atoms with Crippen molar-refractivity contribution >= 4 is 16.9 Å². The monoisotopic (exact) mass is 325 g/mol. The van der Waals surface area contributed by atoms with Crippen molar-refractivity contribution < 1.29 is 9.18 Å². The third-order valence-corrected chi connectivity index (χ3v) is 3.65. The van der Waals surface area contributed by atoms with E-state index in [1.807, 2.05) is 6.07 Å². The Morgan fingerprint density at radius 1 is 1.46 bits per heavy atom. The molecule has 8 heteroatoms. The van der Waals surface area contributed by atoms with Gasteiger partial charge in [-0.2, -0.15) is 10.4 Å². The summed E-state index contributed by atoms with van der Waals surface area (Å²) in [5, 5.41) is 15.8. The highest BCUT2D eigenvalue weighted by atomic mass is 19.1. The number of aromatic amines is 1. The molecule has 1 atom stereocenters. The molecule has 1 amide bonds. The molecule has 0 radical (unpaired) electrons. The quantitative estimate of drug-likeness (QED) is 0.759. The standard InChI is InChI=1S/C16H12FN5O2/c1-22-15-10(8-20-22)14(23)11(7-19-15)16(24)21-13(6-18)9-4-2-3-5-12(9)17/h2-5,7-8,13H,1H3,(H,19,23)(H,21,24)/t13-/m1/s1. The van der Waals surface area contributed by atoms with E-state index in [0.717, 1.165) is 0 Å². The number of aryl methyl sites for hydroxylation is 1. The van der Waals surface area contributed by atoms with Gasteiger partial charge in [0.25, 0.3) is 5.91 Å². The van der Waals surface area contributed by atoms with Crippen LogP contribution in [0.3, 0.4) is 0 Å². The highest BCUT2D eigenvalue weighted by Crippen LogP contribution is 2.16. The van der Waals surface area contributed by atoms with E-state index >= 15 is 0 Å². The normalized spacial score (nSPS) is 11.9. The van der Waals surface area contributed by atoms with Crippen LogP contribution >= 0.6 is 0 Å². The summed E-state index contributed by atoms with van der Waals surface area (Å²) in [7, 11) is 1.65. The molecule has 0 bridgehead atoms. The van der Waals surface area contributed by atoms with Crippen molar-refractivity contribution in [2.24, 2.45) is 7.05 Å². The highest BCUT2D eigenvalue weighted by molar-refractivity contribution is 5.97. The van der Waals surface area contributed by atoms with Gasteiger partial charge in [-0.05, 0) is 6.07 Å². The maximum atomic E-state index is 13.8. The number of nitriles is 1. The smallest absolute Gasteiger partial charge is 0.258 e. The van der Waals surface area contributed by atoms with E-state index < -0.39 is 23.2 Å². The van der Waals surface area contributed by atoms with Gasteiger partial charge in [0.15, 0.2) is 0 Å². The second kappa shape index (κ2) is 5.96. The highest BCUT2D eigenvalue weighted by Gasteiger charge is 2.21. The molecule has 0 aliphatic carbocycles. The molecule has 3 rings (SSSR count). The number of carbonyl (C=O) groups is 1. The molecule has 0 fully saturated rings. The predicted octanol–water partition coefficient (Wildman–Crippen LogP) is 1.40. The molecule has 0 unspecified atom stereocenters. The van der Waals surface area contributed by atoms with Crippen molar-refractivity contribution in [1.82, 2.24) is 20.1 Å². The molecule has 2 aromatic heterocycles. The first-order chi connectivity index (χ1) is 11.5. The third kappa shape index (κ3) is 2.52. The molecule has 0 aliphatic rings. The van der Waals surface area contributed by atoms with Crippen molar-refractivity contribution in [3.63, 3.8) is 0 Å². The van der Waals surface area contributed by atoms with E-state index in [2.05, 4.69) is 15.4 Å². The summed E-state index contributed by atoms with van der Waals surface area (Å²) < 4.78 is 15.3. The summed E-state index contributed by atoms with van der Waals surface area (Å²) in [6.45, 7) is 0. The van der Waals surface area contributed by atoms with Gasteiger partial charge >= 0.3 is 0 Å². The molecule has 0 saturated carbocycles. The van der Waals surface area contributed by atoms with Gasteiger partial charge in [-0.1, -0.05) is 18.2 Å². The van der Waals surface area contributed by atoms with Gasteiger partial charge in [-0.15, -0.1) is 0 Å². The van der Waals surface area contributed by atoms with Crippen LogP contribution < -0.4 is 10.7 Å². The van der Waals surface area contributed by atoms with Crippen LogP contribution in [-0.2, 0) is 7.05 Å². The van der Waals surface area contributed by atoms with Crippen LogP contribution in [0, 0.1) is 17.1 Å². The summed E-state index contributed by atoms with van der Waals surface area (Å²) in [5.41, 5.74) is -0.179. The fourth-order valence-electron chi connectivity index (χ4n) is 2.39. The molecule has 3 aromatic rings. The average Bonchev–Trinajstić information content (AvgIpc) is 2.96. The predicted molar refractivity (Wildman–Crippen MR) is 83.6 cm³/mol. The second-order valence-corrected chi connectivity index (χ2v) is 5.12. The number of halogens is 1. The lowest BCUT2D eigenvalue weighted by atomic mass is 10.1. The first kappa shape index (κ1) is 15.4. The molecular formula is C16H12FN5O2. The number of fused-ring (bicyclic) bond motifs is 1. The van der Waals surface area contributed by atoms with Gasteiger partial charge in [-0.3, -0.25) is 14.3 Å². The Morgan fingerprint density at radius 3 is 2.92 bits per heavy atom. The molecule has 1 aromatic carbocycles. The van der Waals surface area contributed by atoms with E-state index in [1.54, 1.807) is 13.1 Å². The van der Waals surface area contributed by atoms with Gasteiger partial charge < -0.3 is 10.3 Å². The SMILES string of the molecule is Cn1ncc2c(=O)c(C(=O)N[C@H](C#N)c3ccccc3F)c[nH]c21. The number of hydrogen-bond acceptors (Lipinski definition) is 4. The van der Waals surface area contributed by atoms with Crippen molar-refractivity contribution in [3.8, 4) is 6.07 Å². The molecule has 2 N–H and O–H groups in total. The second-order valence-electron chi connectivity index (χ2n) is 5.12. The van der Waals surface area contributed by atoms with E-state index in [-0.39, 0.29) is 16.5 Å². The first-order valence-corrected chi connectivity index (χ1v) is 7.01. The summed E-state index contributed by atoms with van der Waals surface area (Å²) in [6.07, 6.45) is 2.60. The number of nitrogens with zero attached hydrogens (tertiary/aromatic N) is 3. The number of rotatable bonds is 3. The number of H-pyrrole nitrogens is 1. The maximum Gasteiger partial charge on any atom is 0.258 e. The lowest BCUT2D eigenvalue weighted by molar-refractivity contribution is 0.0943. The molecule has 120 valence electrons. The number of pyridine rings is 1. The lowest BCUT2D eigenvalue weighted by Gasteiger charge is -2.12. The largest absolute Gasteiger partial charge is 0.345 e. The molecule has 0 spiro atoms. The zero-order valence-electron chi connectivity index (χ0n) is 12.6. The van der Waals surface area contributed by atoms with Crippen LogP contribution in [0.1, 0.15) is 22.0 Å². The Morgan fingerprint density at radius 2 is 2.21 bits per heavy atom. The Balaban J connectivity index is 1.95. The number of amides is 1. The van der Waals surface area contributed by atoms with Crippen molar-refractivity contribution in [3.05, 3.63) is 63.8 Å². The molecule has 0 aliphatic heterocycles. The fourth-order valence-corrected chi connectivity index (χ4v) is 2.39. The van der Waals surface area contributed by atoms with Crippen LogP contribution in [0.15, 0.2) is 41.5 Å². The van der Waals surface area contributed by atoms with Crippen molar-refractivity contribution in [2.45, 2.75) is 6.04 Å². The van der Waals surface area contributed by atoms with E-state index in [9.17, 15) is 19.2 Å². The Bertz CT molecular complexity index is 1030. The summed E-state index contributed by atoms with van der Waals surface area (Å²) in [4.78, 5) is 27.5. The van der Waals surface area contributed by atoms with Gasteiger partial charge in [0.1, 0.15) is 23.1 Å². The van der Waals surface area contributed by atoms with Gasteiger partial charge in [0, 0.05) is 18.8 Å². The molecule has 7 nitrogen and oxygen atoms in total. The number of aromatic nitrogens is 3. The van der Waals surface area contributed by atoms with E-state index in [4.69, 9.17) is 0 Å². The Labute approximate surface area is 135 Å². The number of carbonyl (C=O) groups excluding carboxylic acids is 1. The molecule has 2 heterocycles. The van der Waals surface area contributed by atoms with E-state index in [1.165, 1.54) is 35.3 Å². The van der Waals surface area contributed by atoms with E-state index in [0.29, 0.717) is 5.65 Å². The van der Waals surface area contributed by atoms with Gasteiger partial charge in [-0.25, -0.2) is 4.39 Å². The Hall–Kier alpha value is -3.47. The molecular weight excluding hydrogens is 313 g/mol. The summed E-state index contributed by atoms with van der Waals surface area (Å²) in [6, 6.07) is 6.25. The average molecular weight is 325 g/mol. The Kier molecular flexibility index (Phi) is 3.83. The lowest BCUT2D eigenvalue weighted by Crippen LogP contribution is -2.32. The number of benzene rings is 1. The summed E-state index contributed by atoms with van der Waals surface area (Å²) >= 11 is 0. The van der Waals surface area contributed by atoms with Crippen LogP contribution in [-0.4, -0.2) is 20.7 Å². The number of hydrogen-bond donors (Lipinski definition) is 2. The third-order valence-electron chi connectivity index (χ3n) is 3.65. The van der Waals surface area contributed by atoms with Crippen LogP contribution in [0.2, 0.25) is 0 Å². The minimum absolute atomic E-state index is 0.0345. The van der Waals surface area contributed by atoms with Crippen LogP contribution in [0.5, 0.6) is 0 Å². The minimum atomic E-state index is -1.21. The van der Waals surface area contributed by atoms with Crippen molar-refractivity contribution in [1.29, 1.82) is 5.26 Å². The maximum absolute atomic E-state index is 13.8. The zero-order valence-corrected chi connectivity index (χ0v) is 12.6. The zero-order chi connectivity index (χ0) is 17.3. The molecule has 24 heavy (non-hydrogen) atoms. The topological polar surface area (TPSA) is 104 Å². The van der Waals surface area contributed by atoms with Crippen molar-refractivity contribution in [2.75, 3.05) is 0 Å². The minimum Gasteiger partial charge on any atom is -0.345 e. The van der Waals surface area contributed by atoms with Gasteiger partial charge in [0.2, 0.25) is 5.43 Å². The summed E-state index contributed by atoms with van der Waals surface area (Å²) in [5.74, 6) is -1.38. The fraction of sp³-hybridized carbons (Fsp3) is 0.125. The first-order valence-electron chi connectivity index (χ1n) is 7.01. The van der Waals surface area contributed by atoms with Gasteiger partial charge in [0.05, 0.1) is 17.7 Å². The van der Waals surface area contributed by atoms with Crippen LogP contribution in [0.25, 0.3) is 11.0 Å². The van der Waals surface area contributed by atoms with Crippen LogP contribution in [0.4, 0.5) is 4.39 Å².